The molecule has 2 bridgehead atoms. The lowest BCUT2D eigenvalue weighted by Crippen LogP contribution is -2.65. The van der Waals surface area contributed by atoms with Crippen LogP contribution in [0.1, 0.15) is 29.0 Å². The average molecular weight is 515 g/mol. The number of carbonyl (C=O) groups is 1. The van der Waals surface area contributed by atoms with Crippen LogP contribution in [0.25, 0.3) is 0 Å². The van der Waals surface area contributed by atoms with Gasteiger partial charge in [-0.3, -0.25) is 0 Å². The van der Waals surface area contributed by atoms with E-state index in [1.165, 1.54) is 22.7 Å². The lowest BCUT2D eigenvalue weighted by Gasteiger charge is -2.52. The van der Waals surface area contributed by atoms with Gasteiger partial charge in [0.1, 0.15) is 18.0 Å². The number of thiophene rings is 2. The molecule has 186 valence electrons. The molecule has 2 aromatic heterocycles. The Morgan fingerprint density at radius 2 is 1.74 bits per heavy atom. The quantitative estimate of drug-likeness (QED) is 0.242. The topological polar surface area (TPSA) is 65.0 Å². The first-order valence-corrected chi connectivity index (χ1v) is 13.9. The molecule has 0 radical (unpaired) electrons. The Bertz CT molecular complexity index is 1070. The van der Waals surface area contributed by atoms with Crippen molar-refractivity contribution >= 4 is 28.6 Å². The first kappa shape index (κ1) is 24.3. The van der Waals surface area contributed by atoms with Gasteiger partial charge < -0.3 is 23.8 Å². The highest BCUT2D eigenvalue weighted by Crippen LogP contribution is 2.40. The van der Waals surface area contributed by atoms with Gasteiger partial charge >= 0.3 is 5.97 Å². The van der Waals surface area contributed by atoms with Crippen LogP contribution in [-0.2, 0) is 15.1 Å². The molecule has 3 aliphatic rings. The summed E-state index contributed by atoms with van der Waals surface area (Å²) in [5.74, 6) is 1.41. The van der Waals surface area contributed by atoms with Gasteiger partial charge in [-0.25, -0.2) is 4.79 Å². The second kappa shape index (κ2) is 10.3. The molecule has 0 spiro atoms. The molecule has 5 heterocycles. The van der Waals surface area contributed by atoms with E-state index >= 15 is 0 Å². The number of benzene rings is 1. The highest BCUT2D eigenvalue weighted by Gasteiger charge is 2.51. The minimum atomic E-state index is -1.75. The van der Waals surface area contributed by atoms with Crippen molar-refractivity contribution in [2.75, 3.05) is 39.9 Å². The molecule has 0 unspecified atom stereocenters. The smallest absolute Gasteiger partial charge is 0.349 e. The van der Waals surface area contributed by atoms with Crippen molar-refractivity contribution in [2.45, 2.75) is 31.0 Å². The van der Waals surface area contributed by atoms with E-state index in [9.17, 15) is 9.90 Å². The molecule has 1 atom stereocenters. The summed E-state index contributed by atoms with van der Waals surface area (Å²) in [6, 6.07) is 15.0. The molecule has 0 amide bonds. The fraction of sp³-hybridized carbons (Fsp3) is 0.444. The maximum atomic E-state index is 13.5. The highest BCUT2D eigenvalue weighted by atomic mass is 32.1. The first-order chi connectivity index (χ1) is 17.0. The second-order valence-electron chi connectivity index (χ2n) is 9.52. The molecule has 3 fully saturated rings. The Morgan fingerprint density at radius 1 is 1.06 bits per heavy atom. The molecule has 8 heteroatoms. The summed E-state index contributed by atoms with van der Waals surface area (Å²) >= 11 is 2.75. The Labute approximate surface area is 214 Å². The zero-order valence-corrected chi connectivity index (χ0v) is 21.6. The van der Waals surface area contributed by atoms with Crippen LogP contribution in [-0.4, -0.2) is 61.6 Å². The highest BCUT2D eigenvalue weighted by molar-refractivity contribution is 7.12. The molecule has 35 heavy (non-hydrogen) atoms. The van der Waals surface area contributed by atoms with E-state index in [4.69, 9.17) is 14.2 Å². The van der Waals surface area contributed by atoms with E-state index in [0.29, 0.717) is 22.3 Å². The summed E-state index contributed by atoms with van der Waals surface area (Å²) < 4.78 is 18.3. The third kappa shape index (κ3) is 4.98. The molecule has 3 saturated heterocycles. The Morgan fingerprint density at radius 3 is 2.37 bits per heavy atom. The molecule has 0 saturated carbocycles. The van der Waals surface area contributed by atoms with Crippen molar-refractivity contribution in [1.29, 1.82) is 0 Å². The van der Waals surface area contributed by atoms with Crippen LogP contribution < -0.4 is 9.47 Å². The number of carbonyl (C=O) groups excluding carboxylic acids is 1. The van der Waals surface area contributed by atoms with Crippen molar-refractivity contribution in [1.82, 2.24) is 0 Å². The number of fused-ring (bicyclic) bond motifs is 3. The van der Waals surface area contributed by atoms with E-state index < -0.39 is 11.6 Å². The summed E-state index contributed by atoms with van der Waals surface area (Å²) in [5, 5.41) is 15.4. The number of hydrogen-bond acceptors (Lipinski definition) is 7. The molecule has 0 aliphatic carbocycles. The molecule has 3 aliphatic heterocycles. The number of methoxy groups -OCH3 is 1. The normalized spacial score (nSPS) is 23.7. The summed E-state index contributed by atoms with van der Waals surface area (Å²) in [6.45, 7) is 4.65. The minimum absolute atomic E-state index is 0.171. The predicted octanol–water partition coefficient (Wildman–Crippen LogP) is 4.68. The van der Waals surface area contributed by atoms with Crippen LogP contribution in [0.5, 0.6) is 11.5 Å². The van der Waals surface area contributed by atoms with Gasteiger partial charge in [-0.15, -0.1) is 22.7 Å². The van der Waals surface area contributed by atoms with Crippen LogP contribution in [0.15, 0.2) is 59.3 Å². The second-order valence-corrected chi connectivity index (χ2v) is 11.4. The van der Waals surface area contributed by atoms with Gasteiger partial charge in [0.15, 0.2) is 6.10 Å². The van der Waals surface area contributed by atoms with Gasteiger partial charge in [-0.2, -0.15) is 0 Å². The number of rotatable bonds is 10. The van der Waals surface area contributed by atoms with Crippen LogP contribution >= 0.6 is 22.7 Å². The van der Waals surface area contributed by atoms with E-state index in [0.717, 1.165) is 61.4 Å². The van der Waals surface area contributed by atoms with Crippen LogP contribution in [0.3, 0.4) is 0 Å². The number of piperidine rings is 3. The summed E-state index contributed by atoms with van der Waals surface area (Å²) in [4.78, 5) is 14.7. The van der Waals surface area contributed by atoms with Crippen LogP contribution in [0.2, 0.25) is 0 Å². The lowest BCUT2D eigenvalue weighted by molar-refractivity contribution is -0.946. The molecular formula is C27H32NO5S2+. The Kier molecular flexibility index (Phi) is 7.16. The SMILES string of the molecule is COc1cccc(OCCC[N+]23CCC(CC2)[C@@H](OC(=O)C(O)(c2cccs2)c2cccs2)C3)c1. The van der Waals surface area contributed by atoms with Gasteiger partial charge in [0.05, 0.1) is 43.1 Å². The van der Waals surface area contributed by atoms with Crippen molar-refractivity contribution in [3.8, 4) is 11.5 Å². The molecule has 1 aromatic carbocycles. The monoisotopic (exact) mass is 514 g/mol. The maximum Gasteiger partial charge on any atom is 0.349 e. The van der Waals surface area contributed by atoms with Crippen LogP contribution in [0.4, 0.5) is 0 Å². The maximum absolute atomic E-state index is 13.5. The van der Waals surface area contributed by atoms with E-state index in [1.54, 1.807) is 19.2 Å². The van der Waals surface area contributed by atoms with Gasteiger partial charge in [0.25, 0.3) is 0 Å². The van der Waals surface area contributed by atoms with Gasteiger partial charge in [-0.1, -0.05) is 18.2 Å². The molecular weight excluding hydrogens is 482 g/mol. The minimum Gasteiger partial charge on any atom is -0.497 e. The largest absolute Gasteiger partial charge is 0.497 e. The third-order valence-corrected chi connectivity index (χ3v) is 9.39. The third-order valence-electron chi connectivity index (χ3n) is 7.44. The van der Waals surface area contributed by atoms with Crippen LogP contribution in [0, 0.1) is 5.92 Å². The van der Waals surface area contributed by atoms with Crippen molar-refractivity contribution in [3.05, 3.63) is 69.0 Å². The molecule has 3 aromatic rings. The average Bonchev–Trinajstić information content (AvgIpc) is 3.62. The summed E-state index contributed by atoms with van der Waals surface area (Å²) in [5.41, 5.74) is -1.75. The fourth-order valence-electron chi connectivity index (χ4n) is 5.46. The number of ether oxygens (including phenoxy) is 3. The fourth-order valence-corrected chi connectivity index (χ4v) is 7.18. The number of nitrogens with zero attached hydrogens (tertiary/aromatic N) is 1. The molecule has 1 N–H and O–H groups in total. The van der Waals surface area contributed by atoms with Crippen molar-refractivity contribution < 1.29 is 28.6 Å². The number of esters is 1. The standard InChI is InChI=1S/C27H32NO5S2/c1-31-21-6-2-7-22(18-21)32-15-5-12-28-13-10-20(11-14-28)23(19-28)33-26(29)27(30,24-8-3-16-34-24)25-9-4-17-35-25/h2-4,6-9,16-18,20,23,30H,5,10-15,19H2,1H3/q+1/t20?,23-,28?/m0/s1. The van der Waals surface area contributed by atoms with Gasteiger partial charge in [-0.05, 0) is 35.0 Å². The zero-order valence-electron chi connectivity index (χ0n) is 19.9. The van der Waals surface area contributed by atoms with Crippen molar-refractivity contribution in [3.63, 3.8) is 0 Å². The van der Waals surface area contributed by atoms with E-state index in [2.05, 4.69) is 0 Å². The number of aliphatic hydroxyl groups is 1. The zero-order chi connectivity index (χ0) is 24.3. The number of quaternary nitrogens is 1. The van der Waals surface area contributed by atoms with Crippen molar-refractivity contribution in [2.24, 2.45) is 5.92 Å². The lowest BCUT2D eigenvalue weighted by atomic mass is 9.83. The Balaban J connectivity index is 1.22. The summed E-state index contributed by atoms with van der Waals surface area (Å²) in [7, 11) is 1.65. The summed E-state index contributed by atoms with van der Waals surface area (Å²) in [6.07, 6.45) is 2.85. The number of hydrogen-bond donors (Lipinski definition) is 1. The molecule has 6 nitrogen and oxygen atoms in total. The first-order valence-electron chi connectivity index (χ1n) is 12.2. The predicted molar refractivity (Wildman–Crippen MR) is 137 cm³/mol. The van der Waals surface area contributed by atoms with E-state index in [1.807, 2.05) is 47.2 Å². The van der Waals surface area contributed by atoms with E-state index in [-0.39, 0.29) is 6.10 Å². The van der Waals surface area contributed by atoms with Gasteiger partial charge in [0.2, 0.25) is 5.60 Å². The molecule has 6 rings (SSSR count). The Hall–Kier alpha value is -2.39. The van der Waals surface area contributed by atoms with Gasteiger partial charge in [0, 0.05) is 31.2 Å².